The maximum absolute atomic E-state index is 12.6. The third kappa shape index (κ3) is 7.08. The molecule has 0 aliphatic carbocycles. The molecule has 0 aliphatic heterocycles. The van der Waals surface area contributed by atoms with Crippen LogP contribution in [0.4, 0.5) is 0 Å². The molecule has 1 atom stereocenters. The highest BCUT2D eigenvalue weighted by atomic mass is 35.5. The zero-order chi connectivity index (χ0) is 25.5. The van der Waals surface area contributed by atoms with Gasteiger partial charge in [-0.2, -0.15) is 0 Å². The Bertz CT molecular complexity index is 1310. The van der Waals surface area contributed by atoms with Crippen molar-refractivity contribution < 1.29 is 23.7 Å². The van der Waals surface area contributed by atoms with Gasteiger partial charge >= 0.3 is 5.97 Å². The molecule has 2 N–H and O–H groups in total. The van der Waals surface area contributed by atoms with E-state index in [1.807, 2.05) is 75.4 Å². The Balaban J connectivity index is 0.00000380. The SMILES string of the molecule is COc1ccccc1OCCNCC(COc1cccc2c1[nH]c1ccccc12)OC(=O)C(C)(C)C.Cl. The van der Waals surface area contributed by atoms with Gasteiger partial charge in [-0.3, -0.25) is 4.79 Å². The van der Waals surface area contributed by atoms with Gasteiger partial charge in [-0.15, -0.1) is 12.4 Å². The number of H-pyrrole nitrogens is 1. The highest BCUT2D eigenvalue weighted by Crippen LogP contribution is 2.31. The molecule has 0 saturated heterocycles. The van der Waals surface area contributed by atoms with E-state index in [4.69, 9.17) is 18.9 Å². The second kappa shape index (κ2) is 12.7. The van der Waals surface area contributed by atoms with Crippen LogP contribution in [0.15, 0.2) is 66.7 Å². The van der Waals surface area contributed by atoms with Gasteiger partial charge in [0.05, 0.1) is 18.0 Å². The minimum atomic E-state index is -0.609. The number of methoxy groups -OCH3 is 1. The number of nitrogens with one attached hydrogen (secondary N) is 2. The van der Waals surface area contributed by atoms with E-state index < -0.39 is 11.5 Å². The van der Waals surface area contributed by atoms with Crippen LogP contribution in [0.2, 0.25) is 0 Å². The highest BCUT2D eigenvalue weighted by Gasteiger charge is 2.27. The Morgan fingerprint density at radius 1 is 0.892 bits per heavy atom. The quantitative estimate of drug-likeness (QED) is 0.191. The molecule has 7 nitrogen and oxygen atoms in total. The maximum Gasteiger partial charge on any atom is 0.311 e. The molecule has 1 unspecified atom stereocenters. The Kier molecular flexibility index (Phi) is 9.66. The second-order valence-corrected chi connectivity index (χ2v) is 9.64. The second-order valence-electron chi connectivity index (χ2n) is 9.64. The number of hydrogen-bond acceptors (Lipinski definition) is 6. The van der Waals surface area contributed by atoms with Gasteiger partial charge < -0.3 is 29.2 Å². The molecule has 0 saturated carbocycles. The number of aromatic nitrogens is 1. The molecule has 198 valence electrons. The van der Waals surface area contributed by atoms with E-state index in [0.29, 0.717) is 31.2 Å². The summed E-state index contributed by atoms with van der Waals surface area (Å²) in [5.41, 5.74) is 1.37. The van der Waals surface area contributed by atoms with Crippen LogP contribution < -0.4 is 19.5 Å². The first-order chi connectivity index (χ1) is 17.4. The molecular weight excluding hydrogens is 492 g/mol. The van der Waals surface area contributed by atoms with Gasteiger partial charge in [-0.1, -0.05) is 42.5 Å². The minimum absolute atomic E-state index is 0. The van der Waals surface area contributed by atoms with E-state index in [1.165, 1.54) is 0 Å². The van der Waals surface area contributed by atoms with Crippen molar-refractivity contribution in [3.8, 4) is 17.2 Å². The van der Waals surface area contributed by atoms with Crippen LogP contribution in [0.3, 0.4) is 0 Å². The average Bonchev–Trinajstić information content (AvgIpc) is 3.26. The molecule has 3 aromatic carbocycles. The number of halogens is 1. The summed E-state index contributed by atoms with van der Waals surface area (Å²) in [6.07, 6.45) is -0.470. The lowest BCUT2D eigenvalue weighted by molar-refractivity contribution is -0.159. The van der Waals surface area contributed by atoms with Crippen molar-refractivity contribution in [1.82, 2.24) is 10.3 Å². The summed E-state index contributed by atoms with van der Waals surface area (Å²) < 4.78 is 23.1. The Morgan fingerprint density at radius 3 is 2.32 bits per heavy atom. The molecule has 0 amide bonds. The van der Waals surface area contributed by atoms with Crippen molar-refractivity contribution in [1.29, 1.82) is 0 Å². The van der Waals surface area contributed by atoms with E-state index in [1.54, 1.807) is 7.11 Å². The molecule has 8 heteroatoms. The monoisotopic (exact) mass is 526 g/mol. The van der Waals surface area contributed by atoms with Gasteiger partial charge in [0, 0.05) is 29.4 Å². The summed E-state index contributed by atoms with van der Waals surface area (Å²) in [5.74, 6) is 1.83. The Hall–Kier alpha value is -3.42. The van der Waals surface area contributed by atoms with Crippen molar-refractivity contribution in [2.45, 2.75) is 26.9 Å². The summed E-state index contributed by atoms with van der Waals surface area (Å²) in [6, 6.07) is 21.6. The van der Waals surface area contributed by atoms with Gasteiger partial charge in [0.2, 0.25) is 0 Å². The number of benzene rings is 3. The van der Waals surface area contributed by atoms with Gasteiger partial charge in [-0.05, 0) is 45.0 Å². The van der Waals surface area contributed by atoms with Crippen molar-refractivity contribution >= 4 is 40.2 Å². The molecule has 0 bridgehead atoms. The van der Waals surface area contributed by atoms with E-state index in [2.05, 4.69) is 22.4 Å². The summed E-state index contributed by atoms with van der Waals surface area (Å²) in [7, 11) is 1.62. The number of carbonyl (C=O) groups is 1. The summed E-state index contributed by atoms with van der Waals surface area (Å²) >= 11 is 0. The van der Waals surface area contributed by atoms with Crippen molar-refractivity contribution in [3.05, 3.63) is 66.7 Å². The van der Waals surface area contributed by atoms with Crippen LogP contribution in [0.25, 0.3) is 21.8 Å². The van der Waals surface area contributed by atoms with E-state index in [-0.39, 0.29) is 25.0 Å². The molecule has 0 fully saturated rings. The first-order valence-corrected chi connectivity index (χ1v) is 12.2. The van der Waals surface area contributed by atoms with Crippen molar-refractivity contribution in [2.24, 2.45) is 5.41 Å². The third-order valence-corrected chi connectivity index (χ3v) is 5.79. The zero-order valence-corrected chi connectivity index (χ0v) is 22.5. The Labute approximate surface area is 223 Å². The number of esters is 1. The van der Waals surface area contributed by atoms with Gasteiger partial charge in [0.15, 0.2) is 11.5 Å². The number of rotatable bonds is 11. The highest BCUT2D eigenvalue weighted by molar-refractivity contribution is 6.09. The number of aromatic amines is 1. The number of ether oxygens (including phenoxy) is 4. The largest absolute Gasteiger partial charge is 0.493 e. The van der Waals surface area contributed by atoms with Crippen LogP contribution in [0, 0.1) is 5.41 Å². The lowest BCUT2D eigenvalue weighted by atomic mass is 9.97. The molecule has 1 heterocycles. The molecule has 37 heavy (non-hydrogen) atoms. The van der Waals surface area contributed by atoms with E-state index >= 15 is 0 Å². The first kappa shape index (κ1) is 28.2. The van der Waals surface area contributed by atoms with Gasteiger partial charge in [-0.25, -0.2) is 0 Å². The number of hydrogen-bond donors (Lipinski definition) is 2. The van der Waals surface area contributed by atoms with Crippen LogP contribution in [0.5, 0.6) is 17.2 Å². The van der Waals surface area contributed by atoms with E-state index in [9.17, 15) is 4.79 Å². The topological polar surface area (TPSA) is 81.8 Å². The number of para-hydroxylation sites is 4. The fourth-order valence-corrected chi connectivity index (χ4v) is 3.85. The molecule has 0 spiro atoms. The maximum atomic E-state index is 12.6. The number of carbonyl (C=O) groups excluding carboxylic acids is 1. The lowest BCUT2D eigenvalue weighted by Gasteiger charge is -2.24. The molecule has 4 aromatic rings. The average molecular weight is 527 g/mol. The molecule has 0 radical (unpaired) electrons. The van der Waals surface area contributed by atoms with Crippen LogP contribution in [0.1, 0.15) is 20.8 Å². The molecular formula is C29H35ClN2O5. The van der Waals surface area contributed by atoms with Crippen molar-refractivity contribution in [2.75, 3.05) is 33.4 Å². The molecule has 1 aromatic heterocycles. The fourth-order valence-electron chi connectivity index (χ4n) is 3.85. The Morgan fingerprint density at radius 2 is 1.57 bits per heavy atom. The standard InChI is InChI=1S/C29H34N2O5.ClH/c1-29(2,3)28(32)36-20(18-30-16-17-34-25-14-8-7-13-24(25)33-4)19-35-26-15-9-11-22-21-10-5-6-12-23(21)31-27(22)26;/h5-15,20,30-31H,16-19H2,1-4H3;1H. The van der Waals surface area contributed by atoms with Gasteiger partial charge in [0.1, 0.15) is 25.1 Å². The van der Waals surface area contributed by atoms with Crippen molar-refractivity contribution in [3.63, 3.8) is 0 Å². The molecule has 0 aliphatic rings. The third-order valence-electron chi connectivity index (χ3n) is 5.79. The fraction of sp³-hybridized carbons (Fsp3) is 0.345. The van der Waals surface area contributed by atoms with Crippen LogP contribution >= 0.6 is 12.4 Å². The first-order valence-electron chi connectivity index (χ1n) is 12.2. The van der Waals surface area contributed by atoms with E-state index in [0.717, 1.165) is 27.6 Å². The van der Waals surface area contributed by atoms with Crippen LogP contribution in [-0.2, 0) is 9.53 Å². The predicted octanol–water partition coefficient (Wildman–Crippen LogP) is 5.76. The number of fused-ring (bicyclic) bond motifs is 3. The van der Waals surface area contributed by atoms with Gasteiger partial charge in [0.25, 0.3) is 0 Å². The summed E-state index contributed by atoms with van der Waals surface area (Å²) in [5, 5.41) is 5.55. The lowest BCUT2D eigenvalue weighted by Crippen LogP contribution is -2.39. The normalized spacial score (nSPS) is 12.1. The summed E-state index contributed by atoms with van der Waals surface area (Å²) in [4.78, 5) is 16.1. The predicted molar refractivity (Wildman–Crippen MR) is 149 cm³/mol. The van der Waals surface area contributed by atoms with Crippen LogP contribution in [-0.4, -0.2) is 50.5 Å². The smallest absolute Gasteiger partial charge is 0.311 e. The zero-order valence-electron chi connectivity index (χ0n) is 21.7. The molecule has 4 rings (SSSR count). The summed E-state index contributed by atoms with van der Waals surface area (Å²) in [6.45, 7) is 7.18. The minimum Gasteiger partial charge on any atom is -0.493 e.